The van der Waals surface area contributed by atoms with E-state index in [1.807, 2.05) is 66.7 Å². The second-order valence-electron chi connectivity index (χ2n) is 7.63. The van der Waals surface area contributed by atoms with Gasteiger partial charge in [-0.2, -0.15) is 0 Å². The van der Waals surface area contributed by atoms with E-state index in [1.54, 1.807) is 31.2 Å². The first-order chi connectivity index (χ1) is 15.0. The van der Waals surface area contributed by atoms with Crippen molar-refractivity contribution in [1.82, 2.24) is 15.5 Å². The monoisotopic (exact) mass is 413 g/mol. The molecule has 156 valence electrons. The van der Waals surface area contributed by atoms with Crippen LogP contribution in [0, 0.1) is 0 Å². The van der Waals surface area contributed by atoms with Gasteiger partial charge in [0.25, 0.3) is 5.91 Å². The molecule has 0 aromatic heterocycles. The number of benzene rings is 3. The lowest BCUT2D eigenvalue weighted by atomic mass is 9.92. The first kappa shape index (κ1) is 20.3. The maximum absolute atomic E-state index is 13.1. The Kier molecular flexibility index (Phi) is 5.54. The highest BCUT2D eigenvalue weighted by molar-refractivity contribution is 6.09. The molecule has 3 aromatic carbocycles. The minimum Gasteiger partial charge on any atom is -0.344 e. The molecule has 31 heavy (non-hydrogen) atoms. The zero-order valence-corrected chi connectivity index (χ0v) is 17.1. The summed E-state index contributed by atoms with van der Waals surface area (Å²) in [6.07, 6.45) is 0. The van der Waals surface area contributed by atoms with Crippen molar-refractivity contribution in [2.24, 2.45) is 0 Å². The fourth-order valence-electron chi connectivity index (χ4n) is 3.81. The van der Waals surface area contributed by atoms with Gasteiger partial charge in [-0.15, -0.1) is 0 Å². The van der Waals surface area contributed by atoms with E-state index in [4.69, 9.17) is 0 Å². The number of amides is 4. The lowest BCUT2D eigenvalue weighted by Crippen LogP contribution is -2.44. The van der Waals surface area contributed by atoms with E-state index < -0.39 is 29.4 Å². The van der Waals surface area contributed by atoms with Crippen LogP contribution in [0.25, 0.3) is 0 Å². The summed E-state index contributed by atoms with van der Waals surface area (Å²) in [5.74, 6) is -0.867. The average molecular weight is 413 g/mol. The third kappa shape index (κ3) is 4.05. The van der Waals surface area contributed by atoms with Gasteiger partial charge in [-0.1, -0.05) is 91.0 Å². The molecule has 0 spiro atoms. The molecule has 1 aliphatic rings. The standard InChI is InChI=1S/C25H23N3O3/c1-25(20-15-9-4-10-16-20)23(30)28(24(31)27-25)17-21(29)26-22(18-11-5-2-6-12-18)19-13-7-3-8-14-19/h2-16,22H,17H2,1H3,(H,26,29)(H,27,31). The van der Waals surface area contributed by atoms with E-state index >= 15 is 0 Å². The van der Waals surface area contributed by atoms with Crippen molar-refractivity contribution in [1.29, 1.82) is 0 Å². The number of carbonyl (C=O) groups is 3. The zero-order valence-electron chi connectivity index (χ0n) is 17.1. The van der Waals surface area contributed by atoms with Crippen LogP contribution in [0.1, 0.15) is 29.7 Å². The predicted molar refractivity (Wildman–Crippen MR) is 117 cm³/mol. The van der Waals surface area contributed by atoms with Gasteiger partial charge < -0.3 is 10.6 Å². The summed E-state index contributed by atoms with van der Waals surface area (Å²) in [4.78, 5) is 39.5. The quantitative estimate of drug-likeness (QED) is 0.609. The molecule has 4 rings (SSSR count). The van der Waals surface area contributed by atoms with Crippen LogP contribution in [-0.4, -0.2) is 29.3 Å². The molecule has 0 saturated carbocycles. The SMILES string of the molecule is CC1(c2ccccc2)NC(=O)N(CC(=O)NC(c2ccccc2)c2ccccc2)C1=O. The van der Waals surface area contributed by atoms with Gasteiger partial charge >= 0.3 is 6.03 Å². The van der Waals surface area contributed by atoms with Crippen molar-refractivity contribution in [2.45, 2.75) is 18.5 Å². The van der Waals surface area contributed by atoms with E-state index in [1.165, 1.54) is 0 Å². The van der Waals surface area contributed by atoms with Crippen LogP contribution in [-0.2, 0) is 15.1 Å². The number of hydrogen-bond donors (Lipinski definition) is 2. The first-order valence-corrected chi connectivity index (χ1v) is 10.1. The second kappa shape index (κ2) is 8.44. The number of urea groups is 1. The Balaban J connectivity index is 1.53. The first-order valence-electron chi connectivity index (χ1n) is 10.1. The molecule has 0 radical (unpaired) electrons. The maximum atomic E-state index is 13.1. The molecular formula is C25H23N3O3. The highest BCUT2D eigenvalue weighted by Crippen LogP contribution is 2.28. The van der Waals surface area contributed by atoms with Gasteiger partial charge in [0.1, 0.15) is 12.1 Å². The lowest BCUT2D eigenvalue weighted by Gasteiger charge is -2.23. The van der Waals surface area contributed by atoms with Crippen LogP contribution < -0.4 is 10.6 Å². The molecule has 1 fully saturated rings. The molecular weight excluding hydrogens is 390 g/mol. The van der Waals surface area contributed by atoms with Crippen molar-refractivity contribution < 1.29 is 14.4 Å². The molecule has 0 aliphatic carbocycles. The Morgan fingerprint density at radius 1 is 0.871 bits per heavy atom. The summed E-state index contributed by atoms with van der Waals surface area (Å²) >= 11 is 0. The fraction of sp³-hybridized carbons (Fsp3) is 0.160. The lowest BCUT2D eigenvalue weighted by molar-refractivity contribution is -0.135. The summed E-state index contributed by atoms with van der Waals surface area (Å²) in [5, 5.41) is 5.70. The van der Waals surface area contributed by atoms with Crippen LogP contribution in [0.5, 0.6) is 0 Å². The van der Waals surface area contributed by atoms with Crippen molar-refractivity contribution in [3.63, 3.8) is 0 Å². The molecule has 1 aliphatic heterocycles. The molecule has 6 nitrogen and oxygen atoms in total. The molecule has 6 heteroatoms. The van der Waals surface area contributed by atoms with Crippen molar-refractivity contribution in [3.8, 4) is 0 Å². The molecule has 1 atom stereocenters. The Morgan fingerprint density at radius 2 is 1.35 bits per heavy atom. The van der Waals surface area contributed by atoms with Crippen LogP contribution >= 0.6 is 0 Å². The molecule has 2 N–H and O–H groups in total. The average Bonchev–Trinajstić information content (AvgIpc) is 3.03. The number of carbonyl (C=O) groups excluding carboxylic acids is 3. The van der Waals surface area contributed by atoms with Gasteiger partial charge in [-0.3, -0.25) is 14.5 Å². The fourth-order valence-corrected chi connectivity index (χ4v) is 3.81. The Bertz CT molecular complexity index is 1050. The summed E-state index contributed by atoms with van der Waals surface area (Å²) in [6.45, 7) is 1.29. The molecule has 1 heterocycles. The second-order valence-corrected chi connectivity index (χ2v) is 7.63. The summed E-state index contributed by atoms with van der Waals surface area (Å²) in [5.41, 5.74) is 1.29. The van der Waals surface area contributed by atoms with Crippen molar-refractivity contribution in [2.75, 3.05) is 6.54 Å². The Labute approximate surface area is 180 Å². The normalized spacial score (nSPS) is 18.2. The summed E-state index contributed by atoms with van der Waals surface area (Å²) < 4.78 is 0. The molecule has 1 unspecified atom stereocenters. The van der Waals surface area contributed by atoms with E-state index in [0.29, 0.717) is 5.56 Å². The molecule has 4 amide bonds. The smallest absolute Gasteiger partial charge is 0.325 e. The minimum atomic E-state index is -1.20. The molecule has 3 aromatic rings. The van der Waals surface area contributed by atoms with Gasteiger partial charge in [0.15, 0.2) is 0 Å². The van der Waals surface area contributed by atoms with Crippen LogP contribution in [0.2, 0.25) is 0 Å². The molecule has 1 saturated heterocycles. The highest BCUT2D eigenvalue weighted by Gasteiger charge is 2.49. The number of hydrogen-bond acceptors (Lipinski definition) is 3. The van der Waals surface area contributed by atoms with Gasteiger partial charge in [0.05, 0.1) is 6.04 Å². The van der Waals surface area contributed by atoms with Crippen molar-refractivity contribution in [3.05, 3.63) is 108 Å². The van der Waals surface area contributed by atoms with E-state index in [-0.39, 0.29) is 6.54 Å². The summed E-state index contributed by atoms with van der Waals surface area (Å²) in [6, 6.07) is 27.2. The number of rotatable bonds is 6. The maximum Gasteiger partial charge on any atom is 0.325 e. The van der Waals surface area contributed by atoms with Crippen LogP contribution in [0.3, 0.4) is 0 Å². The van der Waals surface area contributed by atoms with Gasteiger partial charge in [-0.05, 0) is 23.6 Å². The summed E-state index contributed by atoms with van der Waals surface area (Å²) in [7, 11) is 0. The van der Waals surface area contributed by atoms with Gasteiger partial charge in [0.2, 0.25) is 5.91 Å². The van der Waals surface area contributed by atoms with E-state index in [0.717, 1.165) is 16.0 Å². The Hall–Kier alpha value is -3.93. The predicted octanol–water partition coefficient (Wildman–Crippen LogP) is 3.36. The minimum absolute atomic E-state index is 0.358. The Morgan fingerprint density at radius 3 is 1.87 bits per heavy atom. The third-order valence-electron chi connectivity index (χ3n) is 5.50. The molecule has 0 bridgehead atoms. The zero-order chi connectivity index (χ0) is 21.8. The van der Waals surface area contributed by atoms with Gasteiger partial charge in [0, 0.05) is 0 Å². The van der Waals surface area contributed by atoms with Crippen LogP contribution in [0.15, 0.2) is 91.0 Å². The van der Waals surface area contributed by atoms with E-state index in [2.05, 4.69) is 10.6 Å². The highest BCUT2D eigenvalue weighted by atomic mass is 16.2. The largest absolute Gasteiger partial charge is 0.344 e. The van der Waals surface area contributed by atoms with Gasteiger partial charge in [-0.25, -0.2) is 4.79 Å². The number of imide groups is 1. The third-order valence-corrected chi connectivity index (χ3v) is 5.50. The number of nitrogens with zero attached hydrogens (tertiary/aromatic N) is 1. The van der Waals surface area contributed by atoms with E-state index in [9.17, 15) is 14.4 Å². The van der Waals surface area contributed by atoms with Crippen LogP contribution in [0.4, 0.5) is 4.79 Å². The topological polar surface area (TPSA) is 78.5 Å². The number of nitrogens with one attached hydrogen (secondary N) is 2. The van der Waals surface area contributed by atoms with Crippen molar-refractivity contribution >= 4 is 17.8 Å².